The number of nitrogens with zero attached hydrogens (tertiary/aromatic N) is 5. The maximum atomic E-state index is 13.2. The van der Waals surface area contributed by atoms with Crippen molar-refractivity contribution in [3.8, 4) is 0 Å². The van der Waals surface area contributed by atoms with Gasteiger partial charge in [0.1, 0.15) is 5.82 Å². The van der Waals surface area contributed by atoms with Crippen molar-refractivity contribution in [1.29, 1.82) is 0 Å². The standard InChI is InChI=1S/C22H25N5O2S/c1-4-15-11-16(29-3)12-18(15)21-25-24-20-13-23-22-19(27(20)21)9-10-26(22)30(28)17-7-5-14(2)6-8-17/h5-10,13,15-16,18H,4,11-12H2,1-3H3. The minimum Gasteiger partial charge on any atom is -0.381 e. The van der Waals surface area contributed by atoms with E-state index in [0.717, 1.165) is 41.1 Å². The van der Waals surface area contributed by atoms with Gasteiger partial charge in [0.25, 0.3) is 0 Å². The van der Waals surface area contributed by atoms with E-state index in [2.05, 4.69) is 26.5 Å². The smallest absolute Gasteiger partial charge is 0.179 e. The summed E-state index contributed by atoms with van der Waals surface area (Å²) in [5, 5.41) is 8.93. The van der Waals surface area contributed by atoms with Crippen molar-refractivity contribution in [2.24, 2.45) is 5.92 Å². The van der Waals surface area contributed by atoms with Gasteiger partial charge in [-0.25, -0.2) is 13.2 Å². The Kier molecular flexibility index (Phi) is 4.91. The summed E-state index contributed by atoms with van der Waals surface area (Å²) in [7, 11) is 0.408. The molecule has 1 saturated carbocycles. The van der Waals surface area contributed by atoms with Crippen LogP contribution in [0, 0.1) is 12.8 Å². The van der Waals surface area contributed by atoms with Crippen molar-refractivity contribution in [2.45, 2.75) is 50.0 Å². The van der Waals surface area contributed by atoms with E-state index < -0.39 is 11.0 Å². The van der Waals surface area contributed by atoms with Gasteiger partial charge >= 0.3 is 0 Å². The van der Waals surface area contributed by atoms with E-state index in [-0.39, 0.29) is 12.0 Å². The third-order valence-electron chi connectivity index (χ3n) is 6.30. The summed E-state index contributed by atoms with van der Waals surface area (Å²) < 4.78 is 22.7. The predicted octanol–water partition coefficient (Wildman–Crippen LogP) is 3.88. The quantitative estimate of drug-likeness (QED) is 0.487. The highest BCUT2D eigenvalue weighted by molar-refractivity contribution is 7.83. The van der Waals surface area contributed by atoms with Crippen molar-refractivity contribution in [3.05, 3.63) is 54.1 Å². The van der Waals surface area contributed by atoms with Crippen LogP contribution in [0.5, 0.6) is 0 Å². The second-order valence-corrected chi connectivity index (χ2v) is 9.39. The van der Waals surface area contributed by atoms with E-state index in [1.165, 1.54) is 0 Å². The first kappa shape index (κ1) is 19.4. The van der Waals surface area contributed by atoms with Crippen LogP contribution in [-0.4, -0.2) is 41.0 Å². The summed E-state index contributed by atoms with van der Waals surface area (Å²) in [6, 6.07) is 9.70. The predicted molar refractivity (Wildman–Crippen MR) is 116 cm³/mol. The minimum absolute atomic E-state index is 0.253. The molecule has 8 heteroatoms. The Hall–Kier alpha value is -2.58. The molecule has 3 aromatic heterocycles. The number of benzene rings is 1. The van der Waals surface area contributed by atoms with E-state index in [9.17, 15) is 4.21 Å². The Morgan fingerprint density at radius 1 is 1.17 bits per heavy atom. The molecule has 0 amide bonds. The van der Waals surface area contributed by atoms with Crippen molar-refractivity contribution >= 4 is 27.8 Å². The highest BCUT2D eigenvalue weighted by Gasteiger charge is 2.37. The van der Waals surface area contributed by atoms with Crippen LogP contribution in [0.2, 0.25) is 0 Å². The first-order chi connectivity index (χ1) is 14.6. The van der Waals surface area contributed by atoms with Crippen LogP contribution in [0.4, 0.5) is 0 Å². The fourth-order valence-electron chi connectivity index (χ4n) is 4.63. The van der Waals surface area contributed by atoms with Crippen LogP contribution in [-0.2, 0) is 15.7 Å². The SMILES string of the molecule is CCC1CC(OC)CC1c1nnc2cnc3c(ccn3S(=O)c3ccc(C)cc3)n12. The molecule has 4 atom stereocenters. The molecule has 0 spiro atoms. The molecule has 1 fully saturated rings. The lowest BCUT2D eigenvalue weighted by Gasteiger charge is -2.16. The second-order valence-electron chi connectivity index (χ2n) is 8.03. The van der Waals surface area contributed by atoms with E-state index >= 15 is 0 Å². The molecule has 1 aromatic carbocycles. The second kappa shape index (κ2) is 7.59. The monoisotopic (exact) mass is 423 g/mol. The van der Waals surface area contributed by atoms with Crippen LogP contribution in [0.25, 0.3) is 16.8 Å². The third-order valence-corrected chi connectivity index (χ3v) is 7.63. The molecular formula is C22H25N5O2S. The minimum atomic E-state index is -1.37. The highest BCUT2D eigenvalue weighted by Crippen LogP contribution is 2.42. The average molecular weight is 424 g/mol. The molecule has 7 nitrogen and oxygen atoms in total. The van der Waals surface area contributed by atoms with Gasteiger partial charge in [0.05, 0.1) is 22.7 Å². The van der Waals surface area contributed by atoms with E-state index in [4.69, 9.17) is 4.74 Å². The van der Waals surface area contributed by atoms with E-state index in [1.807, 2.05) is 43.5 Å². The normalized spacial score (nSPS) is 22.8. The molecule has 0 bridgehead atoms. The molecule has 5 rings (SSSR count). The molecule has 1 aliphatic carbocycles. The molecular weight excluding hydrogens is 398 g/mol. The summed E-state index contributed by atoms with van der Waals surface area (Å²) in [6.45, 7) is 4.24. The van der Waals surface area contributed by atoms with Crippen LogP contribution in [0.15, 0.2) is 47.6 Å². The number of rotatable bonds is 5. The first-order valence-electron chi connectivity index (χ1n) is 10.3. The van der Waals surface area contributed by atoms with Gasteiger partial charge in [0.2, 0.25) is 0 Å². The van der Waals surface area contributed by atoms with Crippen LogP contribution >= 0.6 is 0 Å². The van der Waals surface area contributed by atoms with E-state index in [0.29, 0.717) is 17.2 Å². The molecule has 0 saturated heterocycles. The Morgan fingerprint density at radius 2 is 1.97 bits per heavy atom. The largest absolute Gasteiger partial charge is 0.381 e. The first-order valence-corrected chi connectivity index (χ1v) is 11.4. The maximum absolute atomic E-state index is 13.2. The van der Waals surface area contributed by atoms with Gasteiger partial charge in [-0.3, -0.25) is 4.40 Å². The highest BCUT2D eigenvalue weighted by atomic mass is 32.2. The fraction of sp³-hybridized carbons (Fsp3) is 0.409. The lowest BCUT2D eigenvalue weighted by molar-refractivity contribution is 0.104. The maximum Gasteiger partial charge on any atom is 0.179 e. The Bertz CT molecular complexity index is 1230. The Labute approximate surface area is 177 Å². The zero-order valence-electron chi connectivity index (χ0n) is 17.4. The number of methoxy groups -OCH3 is 1. The van der Waals surface area contributed by atoms with Crippen LogP contribution in [0.1, 0.15) is 43.5 Å². The van der Waals surface area contributed by atoms with Crippen molar-refractivity contribution in [1.82, 2.24) is 23.6 Å². The fourth-order valence-corrected chi connectivity index (χ4v) is 5.69. The zero-order chi connectivity index (χ0) is 20.8. The number of fused-ring (bicyclic) bond motifs is 3. The van der Waals surface area contributed by atoms with Gasteiger partial charge in [0, 0.05) is 19.2 Å². The molecule has 30 heavy (non-hydrogen) atoms. The number of hydrogen-bond acceptors (Lipinski definition) is 5. The lowest BCUT2D eigenvalue weighted by atomic mass is 9.93. The summed E-state index contributed by atoms with van der Waals surface area (Å²) in [6.07, 6.45) is 6.86. The van der Waals surface area contributed by atoms with E-state index in [1.54, 1.807) is 17.3 Å². The Morgan fingerprint density at radius 3 is 2.70 bits per heavy atom. The molecule has 1 aliphatic rings. The number of hydrogen-bond donors (Lipinski definition) is 0. The van der Waals surface area contributed by atoms with Crippen molar-refractivity contribution in [3.63, 3.8) is 0 Å². The van der Waals surface area contributed by atoms with Crippen LogP contribution < -0.4 is 0 Å². The Balaban J connectivity index is 1.62. The van der Waals surface area contributed by atoms with Gasteiger partial charge < -0.3 is 4.74 Å². The molecule has 4 unspecified atom stereocenters. The number of ether oxygens (including phenoxy) is 1. The molecule has 0 aliphatic heterocycles. The summed E-state index contributed by atoms with van der Waals surface area (Å²) in [4.78, 5) is 5.31. The van der Waals surface area contributed by atoms with Gasteiger partial charge in [-0.2, -0.15) is 0 Å². The number of aromatic nitrogens is 5. The third kappa shape index (κ3) is 3.06. The van der Waals surface area contributed by atoms with Gasteiger partial charge in [-0.15, -0.1) is 10.2 Å². The average Bonchev–Trinajstić information content (AvgIpc) is 3.48. The molecule has 3 heterocycles. The summed E-state index contributed by atoms with van der Waals surface area (Å²) in [5.74, 6) is 1.74. The molecule has 0 radical (unpaired) electrons. The molecule has 0 N–H and O–H groups in total. The lowest BCUT2D eigenvalue weighted by Crippen LogP contribution is -2.10. The molecule has 156 valence electrons. The van der Waals surface area contributed by atoms with Crippen LogP contribution in [0.3, 0.4) is 0 Å². The van der Waals surface area contributed by atoms with Gasteiger partial charge in [-0.05, 0) is 43.9 Å². The summed E-state index contributed by atoms with van der Waals surface area (Å²) in [5.41, 5.74) is 3.39. The zero-order valence-corrected chi connectivity index (χ0v) is 18.2. The van der Waals surface area contributed by atoms with Crippen molar-refractivity contribution in [2.75, 3.05) is 7.11 Å². The van der Waals surface area contributed by atoms with Crippen molar-refractivity contribution < 1.29 is 8.95 Å². The number of aryl methyl sites for hydroxylation is 1. The topological polar surface area (TPSA) is 74.3 Å². The van der Waals surface area contributed by atoms with Gasteiger partial charge in [-0.1, -0.05) is 31.0 Å². The van der Waals surface area contributed by atoms with Gasteiger partial charge in [0.15, 0.2) is 22.3 Å². The summed E-state index contributed by atoms with van der Waals surface area (Å²) >= 11 is 0. The molecule has 4 aromatic rings.